The lowest BCUT2D eigenvalue weighted by Gasteiger charge is -2.23. The molecule has 7 heteroatoms. The molecule has 2 aromatic rings. The van der Waals surface area contributed by atoms with Crippen molar-refractivity contribution in [2.24, 2.45) is 0 Å². The molecule has 1 saturated heterocycles. The predicted octanol–water partition coefficient (Wildman–Crippen LogP) is 3.94. The van der Waals surface area contributed by atoms with Crippen LogP contribution in [0.5, 0.6) is 0 Å². The van der Waals surface area contributed by atoms with E-state index in [1.54, 1.807) is 17.9 Å². The lowest BCUT2D eigenvalue weighted by Crippen LogP contribution is -2.37. The van der Waals surface area contributed by atoms with Crippen molar-refractivity contribution in [2.75, 3.05) is 19.7 Å². The van der Waals surface area contributed by atoms with Crippen molar-refractivity contribution >= 4 is 18.0 Å². The third kappa shape index (κ3) is 4.92. The topological polar surface area (TPSA) is 95.9 Å². The third-order valence-corrected chi connectivity index (χ3v) is 6.38. The van der Waals surface area contributed by atoms with Gasteiger partial charge in [-0.1, -0.05) is 54.6 Å². The van der Waals surface area contributed by atoms with Crippen LogP contribution in [0.3, 0.4) is 0 Å². The number of ether oxygens (including phenoxy) is 1. The molecule has 1 heterocycles. The summed E-state index contributed by atoms with van der Waals surface area (Å²) in [5, 5.41) is 11.7. The maximum atomic E-state index is 12.7. The average molecular weight is 449 g/mol. The summed E-state index contributed by atoms with van der Waals surface area (Å²) in [6, 6.07) is 16.0. The van der Waals surface area contributed by atoms with Gasteiger partial charge in [-0.3, -0.25) is 9.59 Å². The lowest BCUT2D eigenvalue weighted by molar-refractivity contribution is -0.139. The van der Waals surface area contributed by atoms with Crippen LogP contribution in [0.1, 0.15) is 43.2 Å². The van der Waals surface area contributed by atoms with E-state index in [2.05, 4.69) is 29.6 Å². The number of aliphatic carboxylic acids is 1. The second kappa shape index (κ2) is 9.90. The zero-order chi connectivity index (χ0) is 23.4. The van der Waals surface area contributed by atoms with Crippen LogP contribution in [0.4, 0.5) is 4.79 Å². The molecule has 1 atom stereocenters. The smallest absolute Gasteiger partial charge is 0.407 e. The fourth-order valence-corrected chi connectivity index (χ4v) is 4.77. The molecular formula is C26H28N2O5. The van der Waals surface area contributed by atoms with Crippen LogP contribution in [0.2, 0.25) is 0 Å². The van der Waals surface area contributed by atoms with Crippen molar-refractivity contribution in [1.29, 1.82) is 0 Å². The Morgan fingerprint density at radius 2 is 1.73 bits per heavy atom. The van der Waals surface area contributed by atoms with Crippen molar-refractivity contribution in [3.63, 3.8) is 0 Å². The van der Waals surface area contributed by atoms with Gasteiger partial charge in [0.25, 0.3) is 0 Å². The van der Waals surface area contributed by atoms with E-state index in [0.717, 1.165) is 17.5 Å². The van der Waals surface area contributed by atoms with Gasteiger partial charge in [0.05, 0.1) is 6.42 Å². The zero-order valence-electron chi connectivity index (χ0n) is 18.6. The molecule has 7 nitrogen and oxygen atoms in total. The minimum atomic E-state index is -0.904. The van der Waals surface area contributed by atoms with E-state index < -0.39 is 12.1 Å². The van der Waals surface area contributed by atoms with Gasteiger partial charge in [0.15, 0.2) is 0 Å². The summed E-state index contributed by atoms with van der Waals surface area (Å²) < 4.78 is 5.50. The third-order valence-electron chi connectivity index (χ3n) is 6.38. The number of carbonyl (C=O) groups is 3. The number of likely N-dealkylation sites (tertiary alicyclic amines) is 1. The van der Waals surface area contributed by atoms with Crippen molar-refractivity contribution < 1.29 is 24.2 Å². The number of rotatable bonds is 7. The van der Waals surface area contributed by atoms with Gasteiger partial charge < -0.3 is 20.1 Å². The Labute approximate surface area is 193 Å². The Morgan fingerprint density at radius 3 is 2.36 bits per heavy atom. The number of fused-ring (bicyclic) bond motifs is 3. The van der Waals surface area contributed by atoms with Crippen LogP contribution < -0.4 is 5.32 Å². The second-order valence-electron chi connectivity index (χ2n) is 8.49. The standard InChI is InChI=1S/C26H28N2O5/c1-17(25(31)28-14-6-7-18(28)15-24(29)30)12-13-27-26(32)33-16-23-21-10-4-2-8-19(21)20-9-3-5-11-22(20)23/h2-5,8-12,18,23H,6-7,13-16H2,1H3,(H,27,32)(H,29,30)/b17-12+. The predicted molar refractivity (Wildman–Crippen MR) is 124 cm³/mol. The summed E-state index contributed by atoms with van der Waals surface area (Å²) in [4.78, 5) is 37.6. The number of carbonyl (C=O) groups excluding carboxylic acids is 2. The number of hydrogen-bond donors (Lipinski definition) is 2. The van der Waals surface area contributed by atoms with Crippen LogP contribution >= 0.6 is 0 Å². The Morgan fingerprint density at radius 1 is 1.09 bits per heavy atom. The highest BCUT2D eigenvalue weighted by atomic mass is 16.5. The minimum absolute atomic E-state index is 0.0108. The van der Waals surface area contributed by atoms with Crippen LogP contribution in [-0.2, 0) is 14.3 Å². The number of carboxylic acids is 1. The molecule has 0 radical (unpaired) electrons. The molecule has 2 N–H and O–H groups in total. The molecule has 0 saturated carbocycles. The molecule has 0 spiro atoms. The molecule has 1 unspecified atom stereocenters. The molecule has 33 heavy (non-hydrogen) atoms. The highest BCUT2D eigenvalue weighted by Crippen LogP contribution is 2.44. The second-order valence-corrected chi connectivity index (χ2v) is 8.49. The van der Waals surface area contributed by atoms with Gasteiger partial charge in [-0.05, 0) is 42.0 Å². The Hall–Kier alpha value is -3.61. The number of benzene rings is 2. The molecular weight excluding hydrogens is 420 g/mol. The molecule has 0 aromatic heterocycles. The largest absolute Gasteiger partial charge is 0.481 e. The SMILES string of the molecule is C/C(=C\CNC(=O)OCC1c2ccccc2-c2ccccc21)C(=O)N1CCCC1CC(=O)O. The summed E-state index contributed by atoms with van der Waals surface area (Å²) in [7, 11) is 0. The summed E-state index contributed by atoms with van der Waals surface area (Å²) in [5.74, 6) is -1.10. The van der Waals surface area contributed by atoms with Crippen molar-refractivity contribution in [1.82, 2.24) is 10.2 Å². The molecule has 1 fully saturated rings. The maximum Gasteiger partial charge on any atom is 0.407 e. The highest BCUT2D eigenvalue weighted by molar-refractivity contribution is 5.93. The van der Waals surface area contributed by atoms with E-state index in [0.29, 0.717) is 18.5 Å². The van der Waals surface area contributed by atoms with E-state index in [1.807, 2.05) is 24.3 Å². The number of carboxylic acid groups (broad SMARTS) is 1. The number of nitrogens with zero attached hydrogens (tertiary/aromatic N) is 1. The normalized spacial score (nSPS) is 17.4. The first-order chi connectivity index (χ1) is 16.0. The van der Waals surface area contributed by atoms with Crippen LogP contribution in [0.15, 0.2) is 60.2 Å². The van der Waals surface area contributed by atoms with Crippen LogP contribution in [-0.4, -0.2) is 53.7 Å². The van der Waals surface area contributed by atoms with Crippen LogP contribution in [0.25, 0.3) is 11.1 Å². The molecule has 1 aliphatic carbocycles. The zero-order valence-corrected chi connectivity index (χ0v) is 18.6. The monoisotopic (exact) mass is 448 g/mol. The Balaban J connectivity index is 1.30. The summed E-state index contributed by atoms with van der Waals surface area (Å²) in [5.41, 5.74) is 5.11. The summed E-state index contributed by atoms with van der Waals surface area (Å²) >= 11 is 0. The first-order valence-electron chi connectivity index (χ1n) is 11.2. The fraction of sp³-hybridized carbons (Fsp3) is 0.346. The van der Waals surface area contributed by atoms with Gasteiger partial charge in [-0.2, -0.15) is 0 Å². The molecule has 2 amide bonds. The molecule has 172 valence electrons. The van der Waals surface area contributed by atoms with Crippen molar-refractivity contribution in [3.05, 3.63) is 71.3 Å². The van der Waals surface area contributed by atoms with Crippen molar-refractivity contribution in [2.45, 2.75) is 38.1 Å². The van der Waals surface area contributed by atoms with Crippen LogP contribution in [0, 0.1) is 0 Å². The molecule has 0 bridgehead atoms. The van der Waals surface area contributed by atoms with Gasteiger partial charge in [-0.25, -0.2) is 4.79 Å². The van der Waals surface area contributed by atoms with E-state index in [1.165, 1.54) is 11.1 Å². The Kier molecular flexibility index (Phi) is 6.77. The quantitative estimate of drug-likeness (QED) is 0.626. The van der Waals surface area contributed by atoms with E-state index in [4.69, 9.17) is 9.84 Å². The van der Waals surface area contributed by atoms with Gasteiger partial charge in [0, 0.05) is 30.6 Å². The molecule has 1 aliphatic heterocycles. The number of hydrogen-bond acceptors (Lipinski definition) is 4. The number of amides is 2. The summed E-state index contributed by atoms with van der Waals surface area (Å²) in [6.45, 7) is 2.62. The first-order valence-corrected chi connectivity index (χ1v) is 11.2. The first kappa shape index (κ1) is 22.6. The number of alkyl carbamates (subject to hydrolysis) is 1. The van der Waals surface area contributed by atoms with E-state index in [9.17, 15) is 14.4 Å². The maximum absolute atomic E-state index is 12.7. The van der Waals surface area contributed by atoms with Gasteiger partial charge in [0.1, 0.15) is 6.61 Å². The van der Waals surface area contributed by atoms with Gasteiger partial charge in [-0.15, -0.1) is 0 Å². The van der Waals surface area contributed by atoms with E-state index in [-0.39, 0.29) is 37.4 Å². The number of nitrogens with one attached hydrogen (secondary N) is 1. The van der Waals surface area contributed by atoms with E-state index >= 15 is 0 Å². The molecule has 2 aromatic carbocycles. The van der Waals surface area contributed by atoms with Gasteiger partial charge >= 0.3 is 12.1 Å². The molecule has 2 aliphatic rings. The molecule has 4 rings (SSSR count). The Bertz CT molecular complexity index is 1050. The average Bonchev–Trinajstić information content (AvgIpc) is 3.39. The highest BCUT2D eigenvalue weighted by Gasteiger charge is 2.31. The van der Waals surface area contributed by atoms with Gasteiger partial charge in [0.2, 0.25) is 5.91 Å². The lowest BCUT2D eigenvalue weighted by atomic mass is 9.98. The minimum Gasteiger partial charge on any atom is -0.481 e. The fourth-order valence-electron chi connectivity index (χ4n) is 4.77. The summed E-state index contributed by atoms with van der Waals surface area (Å²) in [6.07, 6.45) is 2.55. The van der Waals surface area contributed by atoms with Crippen molar-refractivity contribution in [3.8, 4) is 11.1 Å².